The molecule has 0 aliphatic carbocycles. The van der Waals surface area contributed by atoms with Crippen molar-refractivity contribution in [2.45, 2.75) is 219 Å². The Bertz CT molecular complexity index is 3070. The number of ether oxygens (including phenoxy) is 3. The lowest BCUT2D eigenvalue weighted by atomic mass is 9.94. The lowest BCUT2D eigenvalue weighted by molar-refractivity contribution is -0.208. The van der Waals surface area contributed by atoms with Gasteiger partial charge in [0.2, 0.25) is 65.0 Å². The monoisotopic (exact) mass is 1440 g/mol. The van der Waals surface area contributed by atoms with Gasteiger partial charge in [-0.05, 0) is 89.0 Å². The number of alkyl carbamates (subject to hydrolysis) is 1. The van der Waals surface area contributed by atoms with Gasteiger partial charge in [-0.2, -0.15) is 13.2 Å². The fraction of sp³-hybridized carbons (Fsp3) is 0.667. The highest BCUT2D eigenvalue weighted by atomic mass is 19.4. The van der Waals surface area contributed by atoms with Crippen LogP contribution in [0.4, 0.5) is 18.0 Å². The molecular formula is C63H100F3N15O20. The van der Waals surface area contributed by atoms with Crippen molar-refractivity contribution >= 4 is 89.0 Å². The first-order chi connectivity index (χ1) is 46.9. The zero-order valence-corrected chi connectivity index (χ0v) is 58.6. The predicted molar refractivity (Wildman–Crippen MR) is 351 cm³/mol. The minimum Gasteiger partial charge on any atom is -0.453 e. The number of nitrogens with two attached hydrogens (primary N) is 3. The minimum absolute atomic E-state index is 0.0761. The number of esters is 2. The molecule has 38 heteroatoms. The van der Waals surface area contributed by atoms with Crippen molar-refractivity contribution in [1.29, 1.82) is 5.41 Å². The molecule has 568 valence electrons. The average molecular weight is 1440 g/mol. The minimum atomic E-state index is -5.82. The first-order valence-electron chi connectivity index (χ1n) is 32.7. The van der Waals surface area contributed by atoms with Gasteiger partial charge in [0, 0.05) is 19.5 Å². The van der Waals surface area contributed by atoms with E-state index in [0.29, 0.717) is 0 Å². The standard InChI is InChI=1S/C63H100F3N15O20/c1-13-32(8)41-53(91)79-42(33(9)83)52(90)73-27-39(84)77-43(46(86)49(68)87)54(92)76-38(28-82)58(96)99-48(34-19-15-14-16-20-34)45(81(57(95)35(67)25-29(2)3)40(85)22-18-24-72-61(98)101-62(10,11)12)56(94)80-44(47(31(6)7)100-59(97)63(64,65)66)55(93)75-37(26-30(4)5)51(89)74-36(50(88)78-41)21-17-23-71-60(69)70/h14-16,19-20,29-33,35-38,41-48,82-83,86H,13,17-18,21-28,67H2,1-12H3,(H2,68,87)(H,72,98)(H,73,90)(H,74,89)(H,75,93)(H,76,92)(H,77,84)(H,78,88)(H,79,91)(H,80,94)(H4,69,70,71)/t32-,33-,35-,36+,37-,38-,41-,42-,43-,44-,45-,46-,47+,48+/m0/s1. The SMILES string of the molecule is CC[C@H](C)[C@@H]1NC(=O)[C@@H](CCCNC(=N)N)NC(=O)[C@H](CC(C)C)NC(=O)[C@H]([C@H](OC(=O)C(F)(F)F)C(C)C)NC(=O)[C@@H](N(C(=O)CCCNC(=O)OC(C)(C)C)C(=O)[C@@H](N)CC(C)C)[C@@H](c2ccccc2)OC(=O)[C@H](CO)NC(=O)[C@H]([C@H](O)C(N)=O)NC(=O)CNC(=O)[C@H]([C@H](C)O)NC1=O. The van der Waals surface area contributed by atoms with Gasteiger partial charge < -0.3 is 99.9 Å². The molecule has 0 radical (unpaired) electrons. The number of hydrogen-bond acceptors (Lipinski definition) is 22. The van der Waals surface area contributed by atoms with E-state index in [1.807, 2.05) is 10.6 Å². The number of hydrogen-bond donors (Lipinski definition) is 17. The van der Waals surface area contributed by atoms with Crippen LogP contribution in [0.1, 0.15) is 140 Å². The van der Waals surface area contributed by atoms with E-state index in [-0.39, 0.29) is 55.7 Å². The predicted octanol–water partition coefficient (Wildman–Crippen LogP) is -3.10. The fourth-order valence-electron chi connectivity index (χ4n) is 9.97. The number of nitrogens with one attached hydrogen (secondary N) is 11. The topological polar surface area (TPSA) is 553 Å². The second kappa shape index (κ2) is 40.8. The molecule has 14 atom stereocenters. The number of carbonyl (C=O) groups excluding carboxylic acids is 14. The number of primary amides is 1. The molecule has 1 heterocycles. The van der Waals surface area contributed by atoms with Crippen LogP contribution in [-0.4, -0.2) is 220 Å². The maximum atomic E-state index is 16.0. The molecule has 1 aromatic carbocycles. The molecule has 1 saturated heterocycles. The van der Waals surface area contributed by atoms with E-state index in [2.05, 4.69) is 42.5 Å². The van der Waals surface area contributed by atoms with Crippen molar-refractivity contribution in [1.82, 2.24) is 58.1 Å². The van der Waals surface area contributed by atoms with E-state index in [0.717, 1.165) is 32.9 Å². The number of imide groups is 1. The number of benzene rings is 1. The van der Waals surface area contributed by atoms with Gasteiger partial charge >= 0.3 is 24.2 Å². The quantitative estimate of drug-likeness (QED) is 0.0160. The van der Waals surface area contributed by atoms with Crippen LogP contribution in [-0.2, 0) is 76.5 Å². The summed E-state index contributed by atoms with van der Waals surface area (Å²) >= 11 is 0. The number of aliphatic hydroxyl groups is 3. The third-order valence-corrected chi connectivity index (χ3v) is 15.3. The summed E-state index contributed by atoms with van der Waals surface area (Å²) in [6.45, 7) is 14.2. The number of cyclic esters (lactones) is 1. The number of alkyl halides is 3. The summed E-state index contributed by atoms with van der Waals surface area (Å²) in [7, 11) is 0. The van der Waals surface area contributed by atoms with Gasteiger partial charge in [0.1, 0.15) is 48.0 Å². The Kier molecular flexibility index (Phi) is 35.5. The van der Waals surface area contributed by atoms with Crippen LogP contribution in [0.15, 0.2) is 30.3 Å². The third-order valence-electron chi connectivity index (χ3n) is 15.3. The summed E-state index contributed by atoms with van der Waals surface area (Å²) < 4.78 is 59.4. The lowest BCUT2D eigenvalue weighted by Crippen LogP contribution is -2.65. The van der Waals surface area contributed by atoms with Crippen LogP contribution in [0.2, 0.25) is 0 Å². The van der Waals surface area contributed by atoms with Crippen LogP contribution in [0.3, 0.4) is 0 Å². The third kappa shape index (κ3) is 29.1. The molecule has 1 aliphatic rings. The fourth-order valence-corrected chi connectivity index (χ4v) is 9.97. The maximum Gasteiger partial charge on any atom is 0.490 e. The van der Waals surface area contributed by atoms with Gasteiger partial charge in [0.05, 0.1) is 25.3 Å². The Hall–Kier alpha value is -9.30. The molecule has 20 N–H and O–H groups in total. The molecule has 2 rings (SSSR count). The molecule has 0 aromatic heterocycles. The second-order valence-electron chi connectivity index (χ2n) is 26.4. The number of aliphatic hydroxyl groups excluding tert-OH is 3. The van der Waals surface area contributed by atoms with Crippen LogP contribution in [0.25, 0.3) is 0 Å². The number of nitrogens with zero attached hydrogens (tertiary/aromatic N) is 1. The summed E-state index contributed by atoms with van der Waals surface area (Å²) in [5.41, 5.74) is 16.0. The number of halogens is 3. The summed E-state index contributed by atoms with van der Waals surface area (Å²) in [6.07, 6.45) is -18.4. The van der Waals surface area contributed by atoms with Crippen LogP contribution in [0, 0.1) is 29.1 Å². The number of guanidine groups is 1. The largest absolute Gasteiger partial charge is 0.490 e. The van der Waals surface area contributed by atoms with Crippen LogP contribution < -0.4 is 70.4 Å². The zero-order valence-electron chi connectivity index (χ0n) is 58.6. The van der Waals surface area contributed by atoms with Crippen LogP contribution in [0.5, 0.6) is 0 Å². The van der Waals surface area contributed by atoms with E-state index < -0.39 is 229 Å². The van der Waals surface area contributed by atoms with Crippen LogP contribution >= 0.6 is 0 Å². The molecule has 0 saturated carbocycles. The highest BCUT2D eigenvalue weighted by Gasteiger charge is 2.50. The summed E-state index contributed by atoms with van der Waals surface area (Å²) in [4.78, 5) is 200. The summed E-state index contributed by atoms with van der Waals surface area (Å²) in [6, 6.07) is -13.2. The van der Waals surface area contributed by atoms with Gasteiger partial charge in [-0.15, -0.1) is 0 Å². The highest BCUT2D eigenvalue weighted by molar-refractivity contribution is 6.04. The van der Waals surface area contributed by atoms with Crippen molar-refractivity contribution in [3.63, 3.8) is 0 Å². The zero-order chi connectivity index (χ0) is 77.1. The molecule has 0 spiro atoms. The number of carbonyl (C=O) groups is 14. The lowest BCUT2D eigenvalue weighted by Gasteiger charge is -2.38. The number of rotatable bonds is 24. The highest BCUT2D eigenvalue weighted by Crippen LogP contribution is 2.30. The molecule has 12 amide bonds. The molecule has 1 aromatic rings. The molecule has 1 aliphatic heterocycles. The molecule has 101 heavy (non-hydrogen) atoms. The van der Waals surface area contributed by atoms with Crippen molar-refractivity contribution in [3.05, 3.63) is 35.9 Å². The first kappa shape index (κ1) is 87.8. The van der Waals surface area contributed by atoms with Crippen molar-refractivity contribution in [3.8, 4) is 0 Å². The second-order valence-corrected chi connectivity index (χ2v) is 26.4. The Morgan fingerprint density at radius 2 is 1.25 bits per heavy atom. The number of amides is 12. The Labute approximate surface area is 582 Å². The van der Waals surface area contributed by atoms with Crippen molar-refractivity contribution in [2.24, 2.45) is 40.9 Å². The van der Waals surface area contributed by atoms with Crippen molar-refractivity contribution < 1.29 is 110 Å². The Balaban J connectivity index is 3.41. The van der Waals surface area contributed by atoms with E-state index >= 15 is 19.2 Å². The van der Waals surface area contributed by atoms with E-state index in [1.165, 1.54) is 25.1 Å². The van der Waals surface area contributed by atoms with E-state index in [4.69, 9.17) is 36.8 Å². The van der Waals surface area contributed by atoms with Gasteiger partial charge in [-0.1, -0.05) is 92.1 Å². The molecule has 1 fully saturated rings. The van der Waals surface area contributed by atoms with E-state index in [1.54, 1.807) is 55.4 Å². The molecule has 0 bridgehead atoms. The van der Waals surface area contributed by atoms with E-state index in [9.17, 15) is 76.4 Å². The Morgan fingerprint density at radius 3 is 1.77 bits per heavy atom. The van der Waals surface area contributed by atoms with Crippen molar-refractivity contribution in [2.75, 3.05) is 26.2 Å². The van der Waals surface area contributed by atoms with Gasteiger partial charge in [0.25, 0.3) is 0 Å². The normalized spacial score (nSPS) is 23.1. The Morgan fingerprint density at radius 1 is 0.703 bits per heavy atom. The molecule has 0 unspecified atom stereocenters. The molecule has 35 nitrogen and oxygen atoms in total. The van der Waals surface area contributed by atoms with Gasteiger partial charge in [0.15, 0.2) is 30.3 Å². The molecular weight excluding hydrogens is 1340 g/mol. The summed E-state index contributed by atoms with van der Waals surface area (Å²) in [5, 5.41) is 62.9. The maximum absolute atomic E-state index is 16.0. The summed E-state index contributed by atoms with van der Waals surface area (Å²) in [5.74, 6) is -24.4. The smallest absolute Gasteiger partial charge is 0.453 e. The average Bonchev–Trinajstić information content (AvgIpc) is 0.782. The van der Waals surface area contributed by atoms with Gasteiger partial charge in [-0.25, -0.2) is 14.4 Å². The van der Waals surface area contributed by atoms with Gasteiger partial charge in [-0.3, -0.25) is 63.0 Å². The first-order valence-corrected chi connectivity index (χ1v) is 32.7.